The molecule has 1 amide bonds. The quantitative estimate of drug-likeness (QED) is 0.925. The van der Waals surface area contributed by atoms with Crippen molar-refractivity contribution >= 4 is 11.9 Å². The first-order valence-corrected chi connectivity index (χ1v) is 7.05. The minimum absolute atomic E-state index is 0.0888. The van der Waals surface area contributed by atoms with Gasteiger partial charge >= 0.3 is 5.97 Å². The molecule has 1 heterocycles. The number of carboxylic acids is 1. The van der Waals surface area contributed by atoms with Crippen molar-refractivity contribution in [1.82, 2.24) is 4.90 Å². The van der Waals surface area contributed by atoms with Crippen molar-refractivity contribution in [2.75, 3.05) is 6.61 Å². The van der Waals surface area contributed by atoms with E-state index in [1.165, 1.54) is 0 Å². The lowest BCUT2D eigenvalue weighted by Crippen LogP contribution is -2.54. The number of carbonyl (C=O) groups is 2. The summed E-state index contributed by atoms with van der Waals surface area (Å²) in [5, 5.41) is 9.43. The van der Waals surface area contributed by atoms with Crippen LogP contribution in [-0.2, 0) is 14.3 Å². The molecular weight excluding hydrogens is 270 g/mol. The highest BCUT2D eigenvalue weighted by Crippen LogP contribution is 2.33. The van der Waals surface area contributed by atoms with Crippen molar-refractivity contribution in [2.45, 2.75) is 45.9 Å². The molecule has 0 spiro atoms. The molecule has 1 aliphatic rings. The Morgan fingerprint density at radius 3 is 2.33 bits per heavy atom. The molecule has 2 unspecified atom stereocenters. The molecule has 5 nitrogen and oxygen atoms in total. The first-order chi connectivity index (χ1) is 9.81. The van der Waals surface area contributed by atoms with E-state index in [9.17, 15) is 14.7 Å². The first kappa shape index (κ1) is 15.5. The third-order valence-electron chi connectivity index (χ3n) is 3.65. The number of carboxylic acid groups (broad SMARTS) is 1. The topological polar surface area (TPSA) is 66.8 Å². The Hall–Kier alpha value is -1.88. The van der Waals surface area contributed by atoms with Gasteiger partial charge in [-0.05, 0) is 33.3 Å². The number of aliphatic carboxylic acids is 1. The molecule has 1 saturated heterocycles. The average Bonchev–Trinajstić information content (AvgIpc) is 2.36. The molecule has 5 heteroatoms. The summed E-state index contributed by atoms with van der Waals surface area (Å²) in [5.41, 5.74) is 2.88. The van der Waals surface area contributed by atoms with Gasteiger partial charge in [-0.15, -0.1) is 0 Å². The summed E-state index contributed by atoms with van der Waals surface area (Å²) in [4.78, 5) is 25.3. The van der Waals surface area contributed by atoms with Crippen LogP contribution in [0, 0.1) is 13.8 Å². The highest BCUT2D eigenvalue weighted by molar-refractivity contribution is 5.83. The maximum absolute atomic E-state index is 12.2. The van der Waals surface area contributed by atoms with Gasteiger partial charge in [0, 0.05) is 6.04 Å². The second-order valence-corrected chi connectivity index (χ2v) is 5.83. The third-order valence-corrected chi connectivity index (χ3v) is 3.65. The zero-order valence-corrected chi connectivity index (χ0v) is 12.8. The molecule has 0 bridgehead atoms. The number of benzene rings is 1. The highest BCUT2D eigenvalue weighted by atomic mass is 16.5. The second kappa shape index (κ2) is 5.85. The monoisotopic (exact) mass is 291 g/mol. The van der Waals surface area contributed by atoms with Crippen LogP contribution in [0.2, 0.25) is 0 Å². The number of nitrogens with zero attached hydrogens (tertiary/aromatic N) is 1. The maximum Gasteiger partial charge on any atom is 0.335 e. The molecule has 1 N–H and O–H groups in total. The molecule has 0 aromatic heterocycles. The van der Waals surface area contributed by atoms with Crippen LogP contribution in [0.25, 0.3) is 0 Å². The summed E-state index contributed by atoms with van der Waals surface area (Å²) < 4.78 is 5.29. The molecule has 0 aliphatic carbocycles. The molecule has 1 aromatic rings. The van der Waals surface area contributed by atoms with Gasteiger partial charge < -0.3 is 14.7 Å². The molecule has 2 atom stereocenters. The predicted molar refractivity (Wildman–Crippen MR) is 78.0 cm³/mol. The lowest BCUT2D eigenvalue weighted by Gasteiger charge is -2.42. The van der Waals surface area contributed by atoms with Gasteiger partial charge in [0.05, 0.1) is 6.04 Å². The van der Waals surface area contributed by atoms with Gasteiger partial charge in [0.1, 0.15) is 6.61 Å². The number of morpholine rings is 1. The molecule has 1 aromatic carbocycles. The van der Waals surface area contributed by atoms with Gasteiger partial charge in [-0.25, -0.2) is 4.79 Å². The minimum atomic E-state index is -1.04. The van der Waals surface area contributed by atoms with E-state index in [2.05, 4.69) is 0 Å². The van der Waals surface area contributed by atoms with Gasteiger partial charge in [-0.2, -0.15) is 0 Å². The number of ether oxygens (including phenoxy) is 1. The number of hydrogen-bond acceptors (Lipinski definition) is 3. The number of aryl methyl sites for hydroxylation is 2. The Morgan fingerprint density at radius 2 is 1.86 bits per heavy atom. The Balaban J connectivity index is 2.53. The molecule has 0 radical (unpaired) electrons. The standard InChI is InChI=1S/C16H21NO4/c1-9(2)17-13(18)8-21-15(16(19)20)14(17)12-6-10(3)5-11(4)7-12/h5-7,9,14-15H,8H2,1-4H3,(H,19,20). The van der Waals surface area contributed by atoms with Crippen molar-refractivity contribution < 1.29 is 19.4 Å². The summed E-state index contributed by atoms with van der Waals surface area (Å²) in [6.07, 6.45) is -1.04. The lowest BCUT2D eigenvalue weighted by molar-refractivity contribution is -0.175. The van der Waals surface area contributed by atoms with E-state index in [0.717, 1.165) is 16.7 Å². The van der Waals surface area contributed by atoms with E-state index >= 15 is 0 Å². The van der Waals surface area contributed by atoms with E-state index in [1.54, 1.807) is 4.90 Å². The van der Waals surface area contributed by atoms with Crippen LogP contribution in [0.15, 0.2) is 18.2 Å². The van der Waals surface area contributed by atoms with Crippen LogP contribution in [0.5, 0.6) is 0 Å². The SMILES string of the molecule is Cc1cc(C)cc(C2C(C(=O)O)OCC(=O)N2C(C)C)c1. The number of rotatable bonds is 3. The van der Waals surface area contributed by atoms with E-state index in [4.69, 9.17) is 4.74 Å². The maximum atomic E-state index is 12.2. The zero-order chi connectivity index (χ0) is 15.7. The fourth-order valence-corrected chi connectivity index (χ4v) is 2.96. The highest BCUT2D eigenvalue weighted by Gasteiger charge is 2.42. The predicted octanol–water partition coefficient (Wildman–Crippen LogP) is 2.06. The number of amides is 1. The third kappa shape index (κ3) is 3.08. The summed E-state index contributed by atoms with van der Waals surface area (Å²) in [6, 6.07) is 5.18. The van der Waals surface area contributed by atoms with Gasteiger partial charge in [0.2, 0.25) is 5.91 Å². The van der Waals surface area contributed by atoms with E-state index in [-0.39, 0.29) is 18.6 Å². The Bertz CT molecular complexity index is 547. The Morgan fingerprint density at radius 1 is 1.29 bits per heavy atom. The first-order valence-electron chi connectivity index (χ1n) is 7.05. The van der Waals surface area contributed by atoms with Crippen LogP contribution >= 0.6 is 0 Å². The van der Waals surface area contributed by atoms with Gasteiger partial charge in [-0.1, -0.05) is 29.3 Å². The summed E-state index contributed by atoms with van der Waals surface area (Å²) >= 11 is 0. The smallest absolute Gasteiger partial charge is 0.335 e. The Kier molecular flexibility index (Phi) is 4.32. The van der Waals surface area contributed by atoms with Crippen molar-refractivity contribution in [2.24, 2.45) is 0 Å². The van der Waals surface area contributed by atoms with Crippen molar-refractivity contribution in [3.8, 4) is 0 Å². The molecule has 1 fully saturated rings. The Labute approximate surface area is 124 Å². The largest absolute Gasteiger partial charge is 0.479 e. The van der Waals surface area contributed by atoms with Crippen LogP contribution < -0.4 is 0 Å². The average molecular weight is 291 g/mol. The molecular formula is C16H21NO4. The van der Waals surface area contributed by atoms with Gasteiger partial charge in [0.25, 0.3) is 0 Å². The molecule has 1 aliphatic heterocycles. The minimum Gasteiger partial charge on any atom is -0.479 e. The molecule has 0 saturated carbocycles. The lowest BCUT2D eigenvalue weighted by atomic mass is 9.93. The summed E-state index contributed by atoms with van der Waals surface area (Å²) in [7, 11) is 0. The van der Waals surface area contributed by atoms with Crippen LogP contribution in [0.3, 0.4) is 0 Å². The summed E-state index contributed by atoms with van der Waals surface area (Å²) in [6.45, 7) is 7.50. The zero-order valence-electron chi connectivity index (χ0n) is 12.8. The fourth-order valence-electron chi connectivity index (χ4n) is 2.96. The van der Waals surface area contributed by atoms with Crippen LogP contribution in [-0.4, -0.2) is 40.6 Å². The van der Waals surface area contributed by atoms with Crippen molar-refractivity contribution in [3.63, 3.8) is 0 Å². The van der Waals surface area contributed by atoms with E-state index in [0.29, 0.717) is 0 Å². The summed E-state index contributed by atoms with van der Waals surface area (Å²) in [5.74, 6) is -1.22. The number of carbonyl (C=O) groups excluding carboxylic acids is 1. The molecule has 114 valence electrons. The van der Waals surface area contributed by atoms with Gasteiger partial charge in [-0.3, -0.25) is 4.79 Å². The van der Waals surface area contributed by atoms with Crippen molar-refractivity contribution in [3.05, 3.63) is 34.9 Å². The van der Waals surface area contributed by atoms with Crippen LogP contribution in [0.4, 0.5) is 0 Å². The molecule has 2 rings (SSSR count). The number of hydrogen-bond donors (Lipinski definition) is 1. The second-order valence-electron chi connectivity index (χ2n) is 5.83. The molecule has 21 heavy (non-hydrogen) atoms. The normalized spacial score (nSPS) is 22.7. The van der Waals surface area contributed by atoms with Crippen molar-refractivity contribution in [1.29, 1.82) is 0 Å². The van der Waals surface area contributed by atoms with E-state index in [1.807, 2.05) is 45.9 Å². The van der Waals surface area contributed by atoms with Gasteiger partial charge in [0.15, 0.2) is 6.10 Å². The van der Waals surface area contributed by atoms with E-state index < -0.39 is 18.1 Å². The van der Waals surface area contributed by atoms with Crippen LogP contribution in [0.1, 0.15) is 36.6 Å². The fraction of sp³-hybridized carbons (Fsp3) is 0.500.